The van der Waals surface area contributed by atoms with Crippen molar-refractivity contribution in [2.45, 2.75) is 45.6 Å². The van der Waals surface area contributed by atoms with Crippen molar-refractivity contribution in [3.63, 3.8) is 0 Å². The van der Waals surface area contributed by atoms with Gasteiger partial charge in [-0.1, -0.05) is 26.7 Å². The molecule has 0 fully saturated rings. The lowest BCUT2D eigenvalue weighted by Crippen LogP contribution is -2.29. The molecule has 12 heavy (non-hydrogen) atoms. The van der Waals surface area contributed by atoms with E-state index in [1.807, 2.05) is 6.92 Å². The van der Waals surface area contributed by atoms with Crippen molar-refractivity contribution in [2.75, 3.05) is 20.1 Å². The smallest absolute Gasteiger partial charge is 0.0664 e. The Balaban J connectivity index is 3.26. The number of unbranched alkanes of at least 4 members (excludes halogenated alkanes) is 2. The second kappa shape index (κ2) is 7.56. The van der Waals surface area contributed by atoms with E-state index in [-0.39, 0.29) is 6.10 Å². The minimum atomic E-state index is -0.142. The average molecular weight is 173 g/mol. The highest BCUT2D eigenvalue weighted by molar-refractivity contribution is 4.58. The predicted octanol–water partition coefficient (Wildman–Crippen LogP) is 1.88. The van der Waals surface area contributed by atoms with Crippen molar-refractivity contribution in [3.8, 4) is 0 Å². The van der Waals surface area contributed by atoms with E-state index in [1.165, 1.54) is 19.3 Å². The second-order valence-electron chi connectivity index (χ2n) is 3.53. The van der Waals surface area contributed by atoms with Gasteiger partial charge >= 0.3 is 0 Å². The van der Waals surface area contributed by atoms with Crippen LogP contribution in [0.1, 0.15) is 39.5 Å². The van der Waals surface area contributed by atoms with E-state index >= 15 is 0 Å². The summed E-state index contributed by atoms with van der Waals surface area (Å²) in [6, 6.07) is 0. The first-order chi connectivity index (χ1) is 5.70. The molecule has 0 aromatic carbocycles. The van der Waals surface area contributed by atoms with Gasteiger partial charge in [-0.05, 0) is 26.4 Å². The number of aliphatic hydroxyl groups excluding tert-OH is 1. The molecule has 0 aliphatic heterocycles. The SMILES string of the molecule is CCCCCN(C)CC(O)CC. The van der Waals surface area contributed by atoms with Crippen LogP contribution in [-0.4, -0.2) is 36.2 Å². The second-order valence-corrected chi connectivity index (χ2v) is 3.53. The van der Waals surface area contributed by atoms with Crippen LogP contribution in [0, 0.1) is 0 Å². The Bertz CT molecular complexity index is 95.8. The van der Waals surface area contributed by atoms with Crippen molar-refractivity contribution >= 4 is 0 Å². The zero-order chi connectivity index (χ0) is 9.40. The number of rotatable bonds is 7. The van der Waals surface area contributed by atoms with Gasteiger partial charge in [0.1, 0.15) is 0 Å². The Morgan fingerprint density at radius 3 is 2.42 bits per heavy atom. The van der Waals surface area contributed by atoms with Crippen LogP contribution in [0.15, 0.2) is 0 Å². The molecule has 0 heterocycles. The van der Waals surface area contributed by atoms with Crippen LogP contribution in [0.5, 0.6) is 0 Å². The lowest BCUT2D eigenvalue weighted by molar-refractivity contribution is 0.121. The van der Waals surface area contributed by atoms with Crippen LogP contribution in [0.25, 0.3) is 0 Å². The molecule has 2 nitrogen and oxygen atoms in total. The summed E-state index contributed by atoms with van der Waals surface area (Å²) in [6.45, 7) is 6.16. The minimum absolute atomic E-state index is 0.142. The minimum Gasteiger partial charge on any atom is -0.392 e. The third-order valence-corrected chi connectivity index (χ3v) is 2.14. The summed E-state index contributed by atoms with van der Waals surface area (Å²) in [7, 11) is 2.08. The van der Waals surface area contributed by atoms with Gasteiger partial charge in [-0.3, -0.25) is 0 Å². The zero-order valence-corrected chi connectivity index (χ0v) is 8.71. The van der Waals surface area contributed by atoms with Crippen molar-refractivity contribution in [3.05, 3.63) is 0 Å². The topological polar surface area (TPSA) is 23.5 Å². The van der Waals surface area contributed by atoms with Gasteiger partial charge in [-0.25, -0.2) is 0 Å². The van der Waals surface area contributed by atoms with Gasteiger partial charge in [0.05, 0.1) is 6.10 Å². The predicted molar refractivity (Wildman–Crippen MR) is 53.3 cm³/mol. The monoisotopic (exact) mass is 173 g/mol. The third-order valence-electron chi connectivity index (χ3n) is 2.14. The third kappa shape index (κ3) is 6.62. The van der Waals surface area contributed by atoms with Crippen molar-refractivity contribution in [2.24, 2.45) is 0 Å². The summed E-state index contributed by atoms with van der Waals surface area (Å²) in [4.78, 5) is 2.21. The zero-order valence-electron chi connectivity index (χ0n) is 8.71. The first-order valence-corrected chi connectivity index (χ1v) is 5.07. The molecule has 0 amide bonds. The highest BCUT2D eigenvalue weighted by Gasteiger charge is 2.04. The average Bonchev–Trinajstić information content (AvgIpc) is 2.05. The van der Waals surface area contributed by atoms with Crippen LogP contribution < -0.4 is 0 Å². The van der Waals surface area contributed by atoms with Gasteiger partial charge in [-0.2, -0.15) is 0 Å². The molecule has 0 radical (unpaired) electrons. The Morgan fingerprint density at radius 1 is 1.25 bits per heavy atom. The Labute approximate surface area is 76.6 Å². The fourth-order valence-electron chi connectivity index (χ4n) is 1.21. The molecule has 0 aromatic heterocycles. The summed E-state index contributed by atoms with van der Waals surface area (Å²) < 4.78 is 0. The quantitative estimate of drug-likeness (QED) is 0.594. The van der Waals surface area contributed by atoms with Crippen molar-refractivity contribution in [1.29, 1.82) is 0 Å². The summed E-state index contributed by atoms with van der Waals surface area (Å²) in [5, 5.41) is 9.34. The van der Waals surface area contributed by atoms with Crippen LogP contribution in [0.3, 0.4) is 0 Å². The molecule has 0 aromatic rings. The Morgan fingerprint density at radius 2 is 1.92 bits per heavy atom. The number of nitrogens with zero attached hydrogens (tertiary/aromatic N) is 1. The van der Waals surface area contributed by atoms with Crippen molar-refractivity contribution in [1.82, 2.24) is 4.90 Å². The molecule has 1 N–H and O–H groups in total. The maximum Gasteiger partial charge on any atom is 0.0664 e. The molecule has 2 heteroatoms. The molecular formula is C10H23NO. The van der Waals surface area contributed by atoms with Crippen LogP contribution in [0.4, 0.5) is 0 Å². The number of hydrogen-bond donors (Lipinski definition) is 1. The van der Waals surface area contributed by atoms with Gasteiger partial charge < -0.3 is 10.0 Å². The molecule has 0 saturated carbocycles. The van der Waals surface area contributed by atoms with E-state index in [1.54, 1.807) is 0 Å². The highest BCUT2D eigenvalue weighted by atomic mass is 16.3. The molecule has 74 valence electrons. The van der Waals surface area contributed by atoms with E-state index in [4.69, 9.17) is 0 Å². The van der Waals surface area contributed by atoms with E-state index in [0.29, 0.717) is 0 Å². The molecule has 0 spiro atoms. The molecule has 0 bridgehead atoms. The normalized spacial score (nSPS) is 13.8. The van der Waals surface area contributed by atoms with Gasteiger partial charge in [0.2, 0.25) is 0 Å². The van der Waals surface area contributed by atoms with Gasteiger partial charge in [0, 0.05) is 6.54 Å². The standard InChI is InChI=1S/C10H23NO/c1-4-6-7-8-11(3)9-10(12)5-2/h10,12H,4-9H2,1-3H3. The van der Waals surface area contributed by atoms with E-state index in [2.05, 4.69) is 18.9 Å². The summed E-state index contributed by atoms with van der Waals surface area (Å²) in [5.41, 5.74) is 0. The largest absolute Gasteiger partial charge is 0.392 e. The van der Waals surface area contributed by atoms with Gasteiger partial charge in [0.25, 0.3) is 0 Å². The first kappa shape index (κ1) is 11.9. The maximum atomic E-state index is 9.34. The fraction of sp³-hybridized carbons (Fsp3) is 1.00. The molecular weight excluding hydrogens is 150 g/mol. The molecule has 1 unspecified atom stereocenters. The maximum absolute atomic E-state index is 9.34. The van der Waals surface area contributed by atoms with Gasteiger partial charge in [0.15, 0.2) is 0 Å². The molecule has 1 atom stereocenters. The summed E-state index contributed by atoms with van der Waals surface area (Å²) >= 11 is 0. The summed E-state index contributed by atoms with van der Waals surface area (Å²) in [5.74, 6) is 0. The lowest BCUT2D eigenvalue weighted by Gasteiger charge is -2.19. The number of hydrogen-bond acceptors (Lipinski definition) is 2. The molecule has 0 rings (SSSR count). The summed E-state index contributed by atoms with van der Waals surface area (Å²) in [6.07, 6.45) is 4.54. The fourth-order valence-corrected chi connectivity index (χ4v) is 1.21. The number of likely N-dealkylation sites (N-methyl/N-ethyl adjacent to an activating group) is 1. The van der Waals surface area contributed by atoms with E-state index in [0.717, 1.165) is 19.5 Å². The van der Waals surface area contributed by atoms with Gasteiger partial charge in [-0.15, -0.1) is 0 Å². The van der Waals surface area contributed by atoms with Crippen LogP contribution in [0.2, 0.25) is 0 Å². The first-order valence-electron chi connectivity index (χ1n) is 5.07. The van der Waals surface area contributed by atoms with E-state index in [9.17, 15) is 5.11 Å². The molecule has 0 aliphatic carbocycles. The Hall–Kier alpha value is -0.0800. The highest BCUT2D eigenvalue weighted by Crippen LogP contribution is 1.98. The number of aliphatic hydroxyl groups is 1. The van der Waals surface area contributed by atoms with Crippen LogP contribution in [-0.2, 0) is 0 Å². The van der Waals surface area contributed by atoms with E-state index < -0.39 is 0 Å². The lowest BCUT2D eigenvalue weighted by atomic mass is 10.2. The van der Waals surface area contributed by atoms with Crippen LogP contribution >= 0.6 is 0 Å². The Kier molecular flexibility index (Phi) is 7.51. The molecule has 0 aliphatic rings. The van der Waals surface area contributed by atoms with Crippen molar-refractivity contribution < 1.29 is 5.11 Å². The molecule has 0 saturated heterocycles.